The van der Waals surface area contributed by atoms with Crippen LogP contribution in [0.25, 0.3) is 0 Å². The summed E-state index contributed by atoms with van der Waals surface area (Å²) in [5.74, 6) is 2.40. The van der Waals surface area contributed by atoms with Gasteiger partial charge in [0, 0.05) is 18.0 Å². The molecule has 1 aromatic heterocycles. The van der Waals surface area contributed by atoms with Gasteiger partial charge < -0.3 is 19.6 Å². The molecule has 0 radical (unpaired) electrons. The average Bonchev–Trinajstić information content (AvgIpc) is 2.93. The molecule has 0 saturated carbocycles. The Kier molecular flexibility index (Phi) is 3.53. The Morgan fingerprint density at radius 2 is 2.00 bits per heavy atom. The van der Waals surface area contributed by atoms with E-state index in [1.807, 2.05) is 24.3 Å². The standard InChI is InChI=1S/C15H17NO3/c17-10-12-6-5-11(19-12)9-16-14-7-8-18-15-4-2-1-3-13(14)15/h1-6,14,16-17H,7-10H2. The first-order valence-corrected chi connectivity index (χ1v) is 6.50. The number of hydrogen-bond donors (Lipinski definition) is 2. The number of aliphatic hydroxyl groups is 1. The van der Waals surface area contributed by atoms with E-state index in [1.54, 1.807) is 6.07 Å². The third-order valence-electron chi connectivity index (χ3n) is 3.35. The predicted octanol–water partition coefficient (Wildman–Crippen LogP) is 2.39. The summed E-state index contributed by atoms with van der Waals surface area (Å²) >= 11 is 0. The van der Waals surface area contributed by atoms with Crippen molar-refractivity contribution >= 4 is 0 Å². The average molecular weight is 259 g/mol. The van der Waals surface area contributed by atoms with Crippen LogP contribution in [0.1, 0.15) is 29.5 Å². The van der Waals surface area contributed by atoms with Crippen LogP contribution >= 0.6 is 0 Å². The Bertz CT molecular complexity index is 550. The van der Waals surface area contributed by atoms with Crippen LogP contribution in [0.15, 0.2) is 40.8 Å². The third kappa shape index (κ3) is 2.64. The molecule has 1 aliphatic rings. The summed E-state index contributed by atoms with van der Waals surface area (Å²) < 4.78 is 11.1. The summed E-state index contributed by atoms with van der Waals surface area (Å²) in [6.07, 6.45) is 0.949. The minimum Gasteiger partial charge on any atom is -0.493 e. The zero-order chi connectivity index (χ0) is 13.1. The van der Waals surface area contributed by atoms with Gasteiger partial charge in [0.05, 0.1) is 13.2 Å². The normalized spacial score (nSPS) is 17.8. The molecule has 1 aromatic carbocycles. The van der Waals surface area contributed by atoms with Gasteiger partial charge in [-0.25, -0.2) is 0 Å². The summed E-state index contributed by atoms with van der Waals surface area (Å²) in [6, 6.07) is 12.1. The monoisotopic (exact) mass is 259 g/mol. The molecule has 0 amide bonds. The molecule has 4 heteroatoms. The molecule has 0 saturated heterocycles. The van der Waals surface area contributed by atoms with E-state index >= 15 is 0 Å². The number of para-hydroxylation sites is 1. The maximum Gasteiger partial charge on any atom is 0.129 e. The first-order chi connectivity index (χ1) is 9.36. The minimum absolute atomic E-state index is 0.0555. The number of hydrogen-bond acceptors (Lipinski definition) is 4. The molecule has 0 fully saturated rings. The van der Waals surface area contributed by atoms with Crippen molar-refractivity contribution in [3.8, 4) is 5.75 Å². The summed E-state index contributed by atoms with van der Waals surface area (Å²) in [7, 11) is 0. The van der Waals surface area contributed by atoms with Crippen LogP contribution in [0, 0.1) is 0 Å². The van der Waals surface area contributed by atoms with Gasteiger partial charge in [0.15, 0.2) is 0 Å². The molecule has 3 rings (SSSR count). The zero-order valence-corrected chi connectivity index (χ0v) is 10.6. The molecule has 1 atom stereocenters. The molecule has 0 spiro atoms. The van der Waals surface area contributed by atoms with Gasteiger partial charge >= 0.3 is 0 Å². The maximum atomic E-state index is 8.97. The van der Waals surface area contributed by atoms with Crippen molar-refractivity contribution in [3.05, 3.63) is 53.5 Å². The molecule has 0 aliphatic carbocycles. The molecule has 4 nitrogen and oxygen atoms in total. The fourth-order valence-corrected chi connectivity index (χ4v) is 2.38. The smallest absolute Gasteiger partial charge is 0.129 e. The van der Waals surface area contributed by atoms with E-state index in [-0.39, 0.29) is 12.6 Å². The van der Waals surface area contributed by atoms with Crippen molar-refractivity contribution in [1.82, 2.24) is 5.32 Å². The molecule has 1 aliphatic heterocycles. The minimum atomic E-state index is -0.0555. The first-order valence-electron chi connectivity index (χ1n) is 6.50. The molecule has 19 heavy (non-hydrogen) atoms. The molecular formula is C15H17NO3. The van der Waals surface area contributed by atoms with Gasteiger partial charge in [-0.2, -0.15) is 0 Å². The fraction of sp³-hybridized carbons (Fsp3) is 0.333. The highest BCUT2D eigenvalue weighted by molar-refractivity contribution is 5.37. The lowest BCUT2D eigenvalue weighted by Crippen LogP contribution is -2.26. The molecule has 1 unspecified atom stereocenters. The highest BCUT2D eigenvalue weighted by Gasteiger charge is 2.20. The molecule has 2 aromatic rings. The second-order valence-corrected chi connectivity index (χ2v) is 4.63. The lowest BCUT2D eigenvalue weighted by atomic mass is 10.0. The number of furan rings is 1. The van der Waals surface area contributed by atoms with E-state index in [9.17, 15) is 0 Å². The van der Waals surface area contributed by atoms with Gasteiger partial charge in [0.25, 0.3) is 0 Å². The van der Waals surface area contributed by atoms with Crippen LogP contribution in [0.4, 0.5) is 0 Å². The molecule has 100 valence electrons. The van der Waals surface area contributed by atoms with Gasteiger partial charge in [0.2, 0.25) is 0 Å². The third-order valence-corrected chi connectivity index (χ3v) is 3.35. The topological polar surface area (TPSA) is 54.6 Å². The van der Waals surface area contributed by atoms with Crippen LogP contribution in [0.5, 0.6) is 5.75 Å². The lowest BCUT2D eigenvalue weighted by molar-refractivity contribution is 0.237. The molecule has 2 heterocycles. The van der Waals surface area contributed by atoms with Crippen molar-refractivity contribution in [2.75, 3.05) is 6.61 Å². The summed E-state index contributed by atoms with van der Waals surface area (Å²) in [5.41, 5.74) is 1.20. The second-order valence-electron chi connectivity index (χ2n) is 4.63. The summed E-state index contributed by atoms with van der Waals surface area (Å²) in [4.78, 5) is 0. The Morgan fingerprint density at radius 3 is 2.84 bits per heavy atom. The Morgan fingerprint density at radius 1 is 1.16 bits per heavy atom. The molecule has 2 N–H and O–H groups in total. The summed E-state index contributed by atoms with van der Waals surface area (Å²) in [5, 5.41) is 12.4. The van der Waals surface area contributed by atoms with Crippen LogP contribution in [-0.2, 0) is 13.2 Å². The van der Waals surface area contributed by atoms with Crippen LogP contribution in [0.2, 0.25) is 0 Å². The van der Waals surface area contributed by atoms with E-state index in [0.29, 0.717) is 12.3 Å². The number of fused-ring (bicyclic) bond motifs is 1. The van der Waals surface area contributed by atoms with Crippen molar-refractivity contribution < 1.29 is 14.3 Å². The number of ether oxygens (including phenoxy) is 1. The fourth-order valence-electron chi connectivity index (χ4n) is 2.38. The highest BCUT2D eigenvalue weighted by atomic mass is 16.5. The predicted molar refractivity (Wildman–Crippen MR) is 70.8 cm³/mol. The molecular weight excluding hydrogens is 242 g/mol. The van der Waals surface area contributed by atoms with E-state index in [2.05, 4.69) is 11.4 Å². The number of rotatable bonds is 4. The van der Waals surface area contributed by atoms with E-state index < -0.39 is 0 Å². The van der Waals surface area contributed by atoms with Gasteiger partial charge in [0.1, 0.15) is 23.9 Å². The quantitative estimate of drug-likeness (QED) is 0.885. The van der Waals surface area contributed by atoms with E-state index in [4.69, 9.17) is 14.3 Å². The number of aliphatic hydroxyl groups excluding tert-OH is 1. The van der Waals surface area contributed by atoms with Gasteiger partial charge in [-0.1, -0.05) is 18.2 Å². The van der Waals surface area contributed by atoms with Crippen molar-refractivity contribution in [1.29, 1.82) is 0 Å². The van der Waals surface area contributed by atoms with Crippen LogP contribution in [0.3, 0.4) is 0 Å². The van der Waals surface area contributed by atoms with Crippen LogP contribution < -0.4 is 10.1 Å². The summed E-state index contributed by atoms with van der Waals surface area (Å²) in [6.45, 7) is 1.33. The van der Waals surface area contributed by atoms with Crippen molar-refractivity contribution in [2.45, 2.75) is 25.6 Å². The number of benzene rings is 1. The van der Waals surface area contributed by atoms with E-state index in [0.717, 1.165) is 24.5 Å². The zero-order valence-electron chi connectivity index (χ0n) is 10.6. The largest absolute Gasteiger partial charge is 0.493 e. The van der Waals surface area contributed by atoms with Gasteiger partial charge in [-0.3, -0.25) is 0 Å². The van der Waals surface area contributed by atoms with Gasteiger partial charge in [-0.15, -0.1) is 0 Å². The maximum absolute atomic E-state index is 8.97. The highest BCUT2D eigenvalue weighted by Crippen LogP contribution is 2.31. The van der Waals surface area contributed by atoms with Gasteiger partial charge in [-0.05, 0) is 18.2 Å². The Balaban J connectivity index is 1.68. The molecule has 0 bridgehead atoms. The lowest BCUT2D eigenvalue weighted by Gasteiger charge is -2.26. The first kappa shape index (κ1) is 12.3. The van der Waals surface area contributed by atoms with Crippen molar-refractivity contribution in [3.63, 3.8) is 0 Å². The second kappa shape index (κ2) is 5.47. The Hall–Kier alpha value is -1.78. The van der Waals surface area contributed by atoms with Crippen LogP contribution in [-0.4, -0.2) is 11.7 Å². The number of nitrogens with one attached hydrogen (secondary N) is 1. The SMILES string of the molecule is OCc1ccc(CNC2CCOc3ccccc32)o1. The Labute approximate surface area is 112 Å². The van der Waals surface area contributed by atoms with Crippen molar-refractivity contribution in [2.24, 2.45) is 0 Å². The van der Waals surface area contributed by atoms with E-state index in [1.165, 1.54) is 5.56 Å².